The van der Waals surface area contributed by atoms with Crippen LogP contribution in [0.15, 0.2) is 30.3 Å². The quantitative estimate of drug-likeness (QED) is 0.464. The van der Waals surface area contributed by atoms with Gasteiger partial charge >= 0.3 is 0 Å². The molecular formula is C8H7BO2. The lowest BCUT2D eigenvalue weighted by molar-refractivity contribution is 0.115. The zero-order valence-electron chi connectivity index (χ0n) is 5.90. The maximum Gasteiger partial charge on any atom is 0.158 e. The lowest BCUT2D eigenvalue weighted by atomic mass is 9.93. The van der Waals surface area contributed by atoms with Crippen molar-refractivity contribution in [3.8, 4) is 0 Å². The van der Waals surface area contributed by atoms with E-state index in [-0.39, 0.29) is 6.10 Å². The summed E-state index contributed by atoms with van der Waals surface area (Å²) in [6, 6.07) is 9.41. The van der Waals surface area contributed by atoms with Gasteiger partial charge in [0.2, 0.25) is 0 Å². The Hall–Kier alpha value is -0.795. The third-order valence-electron chi connectivity index (χ3n) is 1.73. The Labute approximate surface area is 66.2 Å². The van der Waals surface area contributed by atoms with Crippen molar-refractivity contribution in [2.75, 3.05) is 0 Å². The molecule has 0 aliphatic carbocycles. The van der Waals surface area contributed by atoms with E-state index in [4.69, 9.17) is 17.7 Å². The molecule has 1 aliphatic heterocycles. The Morgan fingerprint density at radius 3 is 2.36 bits per heavy atom. The summed E-state index contributed by atoms with van der Waals surface area (Å²) < 4.78 is 4.82. The van der Waals surface area contributed by atoms with Crippen LogP contribution in [0.1, 0.15) is 11.7 Å². The zero-order chi connectivity index (χ0) is 7.90. The highest BCUT2D eigenvalue weighted by Crippen LogP contribution is 2.44. The highest BCUT2D eigenvalue weighted by Gasteiger charge is 2.50. The number of hydrogen-bond donors (Lipinski definition) is 1. The fourth-order valence-corrected chi connectivity index (χ4v) is 1.09. The molecule has 1 fully saturated rings. The van der Waals surface area contributed by atoms with Crippen molar-refractivity contribution in [3.63, 3.8) is 0 Å². The number of ether oxygens (including phenoxy) is 1. The van der Waals surface area contributed by atoms with Crippen molar-refractivity contribution in [3.05, 3.63) is 35.9 Å². The van der Waals surface area contributed by atoms with E-state index in [2.05, 4.69) is 0 Å². The molecule has 2 nitrogen and oxygen atoms in total. The molecule has 0 aromatic heterocycles. The normalized spacial score (nSPS) is 35.2. The van der Waals surface area contributed by atoms with Gasteiger partial charge in [0, 0.05) is 0 Å². The SMILES string of the molecule is [B]C1(O)OC1c1ccccc1. The van der Waals surface area contributed by atoms with Gasteiger partial charge in [-0.25, -0.2) is 0 Å². The van der Waals surface area contributed by atoms with E-state index in [9.17, 15) is 0 Å². The number of aliphatic hydroxyl groups is 1. The fraction of sp³-hybridized carbons (Fsp3) is 0.250. The van der Waals surface area contributed by atoms with Crippen molar-refractivity contribution >= 4 is 7.85 Å². The number of rotatable bonds is 1. The van der Waals surface area contributed by atoms with E-state index in [0.717, 1.165) is 5.56 Å². The van der Waals surface area contributed by atoms with Crippen LogP contribution in [0.3, 0.4) is 0 Å². The lowest BCUT2D eigenvalue weighted by Gasteiger charge is -1.95. The monoisotopic (exact) mass is 146 g/mol. The van der Waals surface area contributed by atoms with Crippen LogP contribution in [0, 0.1) is 0 Å². The van der Waals surface area contributed by atoms with Crippen LogP contribution < -0.4 is 0 Å². The van der Waals surface area contributed by atoms with Gasteiger partial charge in [-0.2, -0.15) is 0 Å². The molecule has 1 aromatic carbocycles. The summed E-state index contributed by atoms with van der Waals surface area (Å²) >= 11 is 0. The topological polar surface area (TPSA) is 32.8 Å². The Morgan fingerprint density at radius 1 is 1.36 bits per heavy atom. The van der Waals surface area contributed by atoms with Crippen molar-refractivity contribution in [1.82, 2.24) is 0 Å². The van der Waals surface area contributed by atoms with Gasteiger partial charge in [0.25, 0.3) is 0 Å². The fourth-order valence-electron chi connectivity index (χ4n) is 1.09. The van der Waals surface area contributed by atoms with Crippen LogP contribution >= 0.6 is 0 Å². The molecule has 11 heavy (non-hydrogen) atoms. The molecule has 2 radical (unpaired) electrons. The number of benzene rings is 1. The minimum absolute atomic E-state index is 0.344. The van der Waals surface area contributed by atoms with E-state index < -0.39 is 5.69 Å². The molecule has 0 amide bonds. The Bertz CT molecular complexity index is 258. The maximum atomic E-state index is 9.10. The average Bonchev–Trinajstić information content (AvgIpc) is 2.62. The van der Waals surface area contributed by atoms with E-state index in [0.29, 0.717) is 0 Å². The van der Waals surface area contributed by atoms with Crippen molar-refractivity contribution in [1.29, 1.82) is 0 Å². The molecule has 2 rings (SSSR count). The first-order valence-electron chi connectivity index (χ1n) is 3.44. The van der Waals surface area contributed by atoms with Gasteiger partial charge < -0.3 is 9.84 Å². The molecule has 1 aliphatic rings. The Balaban J connectivity index is 2.21. The molecule has 54 valence electrons. The standard InChI is InChI=1S/C8H7BO2/c9-8(10)7(11-8)6-4-2-1-3-5-6/h1-5,7,10H. The summed E-state index contributed by atoms with van der Waals surface area (Å²) in [5.41, 5.74) is -0.515. The van der Waals surface area contributed by atoms with Gasteiger partial charge in [-0.3, -0.25) is 0 Å². The summed E-state index contributed by atoms with van der Waals surface area (Å²) in [4.78, 5) is 0. The van der Waals surface area contributed by atoms with Crippen molar-refractivity contribution in [2.45, 2.75) is 11.8 Å². The van der Waals surface area contributed by atoms with Gasteiger partial charge in [-0.05, 0) is 5.56 Å². The summed E-state index contributed by atoms with van der Waals surface area (Å²) in [6.07, 6.45) is -0.344. The van der Waals surface area contributed by atoms with Crippen LogP contribution in [0.4, 0.5) is 0 Å². The van der Waals surface area contributed by atoms with Crippen molar-refractivity contribution in [2.24, 2.45) is 0 Å². The van der Waals surface area contributed by atoms with Gasteiger partial charge in [-0.15, -0.1) is 0 Å². The summed E-state index contributed by atoms with van der Waals surface area (Å²) in [5, 5.41) is 9.10. The van der Waals surface area contributed by atoms with E-state index in [1.54, 1.807) is 0 Å². The summed E-state index contributed by atoms with van der Waals surface area (Å²) in [5.74, 6) is 0. The molecule has 1 aromatic rings. The molecule has 3 heteroatoms. The second-order valence-electron chi connectivity index (χ2n) is 2.66. The number of epoxide rings is 1. The van der Waals surface area contributed by atoms with Gasteiger partial charge in [0.05, 0.1) is 0 Å². The molecule has 2 unspecified atom stereocenters. The van der Waals surface area contributed by atoms with E-state index in [1.807, 2.05) is 30.3 Å². The second-order valence-corrected chi connectivity index (χ2v) is 2.66. The minimum Gasteiger partial charge on any atom is -0.372 e. The molecule has 2 atom stereocenters. The van der Waals surface area contributed by atoms with Gasteiger partial charge in [0.15, 0.2) is 7.85 Å². The van der Waals surface area contributed by atoms with Crippen molar-refractivity contribution < 1.29 is 9.84 Å². The second kappa shape index (κ2) is 2.09. The van der Waals surface area contributed by atoms with E-state index in [1.165, 1.54) is 0 Å². The maximum absolute atomic E-state index is 9.10. The highest BCUT2D eigenvalue weighted by atomic mass is 16.7. The smallest absolute Gasteiger partial charge is 0.158 e. The molecule has 1 N–H and O–H groups in total. The molecule has 0 bridgehead atoms. The minimum atomic E-state index is -1.43. The number of hydrogen-bond acceptors (Lipinski definition) is 2. The van der Waals surface area contributed by atoms with Gasteiger partial charge in [0.1, 0.15) is 11.8 Å². The first-order chi connectivity index (χ1) is 5.20. The predicted molar refractivity (Wildman–Crippen MR) is 41.0 cm³/mol. The zero-order valence-corrected chi connectivity index (χ0v) is 5.90. The van der Waals surface area contributed by atoms with E-state index >= 15 is 0 Å². The van der Waals surface area contributed by atoms with Gasteiger partial charge in [-0.1, -0.05) is 30.3 Å². The van der Waals surface area contributed by atoms with Crippen LogP contribution in [0.5, 0.6) is 0 Å². The lowest BCUT2D eigenvalue weighted by Crippen LogP contribution is -2.09. The molecule has 0 saturated carbocycles. The van der Waals surface area contributed by atoms with Crippen LogP contribution in [-0.4, -0.2) is 18.6 Å². The summed E-state index contributed by atoms with van der Waals surface area (Å²) in [6.45, 7) is 0. The first kappa shape index (κ1) is 6.89. The predicted octanol–water partition coefficient (Wildman–Crippen LogP) is 0.572. The largest absolute Gasteiger partial charge is 0.372 e. The Morgan fingerprint density at radius 2 is 1.91 bits per heavy atom. The first-order valence-corrected chi connectivity index (χ1v) is 3.44. The average molecular weight is 146 g/mol. The Kier molecular flexibility index (Phi) is 1.31. The third-order valence-corrected chi connectivity index (χ3v) is 1.73. The molecule has 1 saturated heterocycles. The highest BCUT2D eigenvalue weighted by molar-refractivity contribution is 6.15. The molecule has 1 heterocycles. The molecular weight excluding hydrogens is 139 g/mol. The molecule has 0 spiro atoms. The third kappa shape index (κ3) is 1.17. The summed E-state index contributed by atoms with van der Waals surface area (Å²) in [7, 11) is 5.27. The van der Waals surface area contributed by atoms with Crippen LogP contribution in [0.2, 0.25) is 0 Å². The van der Waals surface area contributed by atoms with Crippen LogP contribution in [-0.2, 0) is 4.74 Å². The van der Waals surface area contributed by atoms with Crippen LogP contribution in [0.25, 0.3) is 0 Å².